The van der Waals surface area contributed by atoms with Gasteiger partial charge in [-0.3, -0.25) is 4.79 Å². The molecule has 4 rings (SSSR count). The van der Waals surface area contributed by atoms with Gasteiger partial charge in [-0.2, -0.15) is 5.21 Å². The summed E-state index contributed by atoms with van der Waals surface area (Å²) in [7, 11) is 0. The Morgan fingerprint density at radius 1 is 1.16 bits per heavy atom. The first kappa shape index (κ1) is 21.4. The fourth-order valence-corrected chi connectivity index (χ4v) is 3.36. The van der Waals surface area contributed by atoms with E-state index in [2.05, 4.69) is 26.7 Å². The van der Waals surface area contributed by atoms with Gasteiger partial charge < -0.3 is 9.30 Å². The van der Waals surface area contributed by atoms with Crippen molar-refractivity contribution < 1.29 is 9.53 Å². The fraction of sp³-hybridized carbons (Fsp3) is 0.200. The highest BCUT2D eigenvalue weighted by molar-refractivity contribution is 6.08. The Morgan fingerprint density at radius 3 is 2.78 bits per heavy atom. The summed E-state index contributed by atoms with van der Waals surface area (Å²) in [5.41, 5.74) is 4.63. The molecule has 1 N–H and O–H groups in total. The van der Waals surface area contributed by atoms with Crippen LogP contribution in [0.15, 0.2) is 72.9 Å². The van der Waals surface area contributed by atoms with Gasteiger partial charge in [0, 0.05) is 18.3 Å². The summed E-state index contributed by atoms with van der Waals surface area (Å²) in [6, 6.07) is 19.6. The molecule has 2 aromatic carbocycles. The van der Waals surface area contributed by atoms with Crippen molar-refractivity contribution in [2.75, 3.05) is 0 Å². The molecule has 0 radical (unpaired) electrons. The number of H-pyrrole nitrogens is 1. The number of benzene rings is 2. The number of nitrogens with one attached hydrogen (secondary N) is 1. The van der Waals surface area contributed by atoms with E-state index in [-0.39, 0.29) is 11.9 Å². The van der Waals surface area contributed by atoms with Crippen LogP contribution in [0.5, 0.6) is 0 Å². The smallest absolute Gasteiger partial charge is 0.209 e. The molecule has 0 bridgehead atoms. The minimum absolute atomic E-state index is 0.0262. The molecule has 0 amide bonds. The molecule has 0 aliphatic carbocycles. The van der Waals surface area contributed by atoms with Crippen LogP contribution in [0.4, 0.5) is 0 Å². The Kier molecular flexibility index (Phi) is 6.67. The Hall–Kier alpha value is -3.84. The third kappa shape index (κ3) is 5.25. The molecule has 0 aliphatic heterocycles. The molecule has 0 spiro atoms. The lowest BCUT2D eigenvalue weighted by molar-refractivity contribution is 0.0467. The van der Waals surface area contributed by atoms with E-state index in [0.29, 0.717) is 30.2 Å². The van der Waals surface area contributed by atoms with E-state index in [1.165, 1.54) is 0 Å². The summed E-state index contributed by atoms with van der Waals surface area (Å²) in [4.78, 5) is 12.9. The van der Waals surface area contributed by atoms with E-state index in [4.69, 9.17) is 4.74 Å². The lowest BCUT2D eigenvalue weighted by Crippen LogP contribution is -2.09. The van der Waals surface area contributed by atoms with Crippen molar-refractivity contribution in [1.29, 1.82) is 0 Å². The second kappa shape index (κ2) is 9.98. The summed E-state index contributed by atoms with van der Waals surface area (Å²) in [6.07, 6.45) is 5.78. The molecule has 4 aromatic rings. The van der Waals surface area contributed by atoms with E-state index in [1.807, 2.05) is 91.4 Å². The molecule has 0 aliphatic rings. The first-order valence-corrected chi connectivity index (χ1v) is 10.5. The van der Waals surface area contributed by atoms with Crippen molar-refractivity contribution in [3.05, 3.63) is 107 Å². The molecule has 1 atom stereocenters. The topological polar surface area (TPSA) is 85.7 Å². The molecular weight excluding hydrogens is 402 g/mol. The zero-order valence-corrected chi connectivity index (χ0v) is 18.1. The Labute approximate surface area is 186 Å². The van der Waals surface area contributed by atoms with E-state index in [9.17, 15) is 4.79 Å². The number of tetrazole rings is 1. The SMILES string of the molecule is Cc1ccc(C(=O)c2cccn2C/C=C/c2cccc(CO[C@H](C)c3nn[nH]n3)c2)cc1. The molecular formula is C25H25N5O2. The number of carbonyl (C=O) groups is 1. The van der Waals surface area contributed by atoms with Gasteiger partial charge in [-0.25, -0.2) is 0 Å². The number of ether oxygens (including phenoxy) is 1. The summed E-state index contributed by atoms with van der Waals surface area (Å²) in [6.45, 7) is 4.96. The number of carbonyl (C=O) groups excluding carboxylic acids is 1. The van der Waals surface area contributed by atoms with E-state index in [1.54, 1.807) is 0 Å². The second-order valence-corrected chi connectivity index (χ2v) is 7.61. The maximum absolute atomic E-state index is 12.9. The zero-order chi connectivity index (χ0) is 22.3. The van der Waals surface area contributed by atoms with Gasteiger partial charge in [0.05, 0.1) is 12.3 Å². The van der Waals surface area contributed by atoms with Gasteiger partial charge in [-0.15, -0.1) is 10.2 Å². The molecule has 162 valence electrons. The summed E-state index contributed by atoms with van der Waals surface area (Å²) < 4.78 is 7.79. The molecule has 0 unspecified atom stereocenters. The van der Waals surface area contributed by atoms with Crippen LogP contribution in [0.25, 0.3) is 6.08 Å². The highest BCUT2D eigenvalue weighted by Crippen LogP contribution is 2.16. The second-order valence-electron chi connectivity index (χ2n) is 7.61. The quantitative estimate of drug-likeness (QED) is 0.397. The van der Waals surface area contributed by atoms with Gasteiger partial charge >= 0.3 is 0 Å². The maximum atomic E-state index is 12.9. The van der Waals surface area contributed by atoms with Crippen LogP contribution in [0.2, 0.25) is 0 Å². The maximum Gasteiger partial charge on any atom is 0.209 e. The monoisotopic (exact) mass is 427 g/mol. The van der Waals surface area contributed by atoms with Crippen LogP contribution in [-0.2, 0) is 17.9 Å². The summed E-state index contributed by atoms with van der Waals surface area (Å²) >= 11 is 0. The number of hydrogen-bond donors (Lipinski definition) is 1. The number of aryl methyl sites for hydroxylation is 1. The average Bonchev–Trinajstić information content (AvgIpc) is 3.50. The predicted octanol–water partition coefficient (Wildman–Crippen LogP) is 4.53. The van der Waals surface area contributed by atoms with Crippen molar-refractivity contribution in [3.63, 3.8) is 0 Å². The van der Waals surface area contributed by atoms with Gasteiger partial charge in [-0.1, -0.05) is 65.4 Å². The molecule has 0 saturated carbocycles. The number of aromatic nitrogens is 5. The van der Waals surface area contributed by atoms with E-state index in [0.717, 1.165) is 16.7 Å². The number of rotatable bonds is 9. The van der Waals surface area contributed by atoms with E-state index >= 15 is 0 Å². The van der Waals surface area contributed by atoms with Crippen molar-refractivity contribution >= 4 is 11.9 Å². The van der Waals surface area contributed by atoms with Gasteiger partial charge in [0.2, 0.25) is 11.6 Å². The molecule has 0 fully saturated rings. The van der Waals surface area contributed by atoms with Crippen LogP contribution >= 0.6 is 0 Å². The third-order valence-corrected chi connectivity index (χ3v) is 5.16. The molecule has 7 nitrogen and oxygen atoms in total. The highest BCUT2D eigenvalue weighted by atomic mass is 16.5. The van der Waals surface area contributed by atoms with Crippen molar-refractivity contribution in [3.8, 4) is 0 Å². The molecule has 2 aromatic heterocycles. The van der Waals surface area contributed by atoms with E-state index < -0.39 is 0 Å². The van der Waals surface area contributed by atoms with Crippen molar-refractivity contribution in [1.82, 2.24) is 25.2 Å². The largest absolute Gasteiger partial charge is 0.366 e. The van der Waals surface area contributed by atoms with Crippen LogP contribution < -0.4 is 0 Å². The Bertz CT molecular complexity index is 1190. The standard InChI is InChI=1S/C25H25N5O2/c1-18-10-12-22(13-11-18)24(31)23-9-5-15-30(23)14-4-8-20-6-3-7-21(16-20)17-32-19(2)25-26-28-29-27-25/h3-13,15-16,19H,14,17H2,1-2H3,(H,26,27,28,29)/b8-4+/t19-/m1/s1. The summed E-state index contributed by atoms with van der Waals surface area (Å²) in [5, 5.41) is 13.9. The van der Waals surface area contributed by atoms with Crippen LogP contribution in [0, 0.1) is 6.92 Å². The fourth-order valence-electron chi connectivity index (χ4n) is 3.36. The first-order chi connectivity index (χ1) is 15.6. The Balaban J connectivity index is 1.38. The lowest BCUT2D eigenvalue weighted by atomic mass is 10.1. The van der Waals surface area contributed by atoms with Crippen LogP contribution in [0.1, 0.15) is 51.6 Å². The first-order valence-electron chi connectivity index (χ1n) is 10.5. The van der Waals surface area contributed by atoms with Gasteiger partial charge in [0.15, 0.2) is 0 Å². The number of hydrogen-bond acceptors (Lipinski definition) is 5. The number of allylic oxidation sites excluding steroid dienone is 1. The number of aromatic amines is 1. The minimum Gasteiger partial charge on any atom is -0.366 e. The van der Waals surface area contributed by atoms with Crippen LogP contribution in [0.3, 0.4) is 0 Å². The summed E-state index contributed by atoms with van der Waals surface area (Å²) in [5.74, 6) is 0.557. The number of nitrogens with zero attached hydrogens (tertiary/aromatic N) is 4. The average molecular weight is 428 g/mol. The normalized spacial score (nSPS) is 12.3. The lowest BCUT2D eigenvalue weighted by Gasteiger charge is -2.09. The van der Waals surface area contributed by atoms with Gasteiger partial charge in [0.25, 0.3) is 0 Å². The van der Waals surface area contributed by atoms with Crippen LogP contribution in [-0.4, -0.2) is 31.0 Å². The van der Waals surface area contributed by atoms with Gasteiger partial charge in [-0.05, 0) is 43.2 Å². The molecule has 7 heteroatoms. The van der Waals surface area contributed by atoms with Crippen molar-refractivity contribution in [2.45, 2.75) is 33.1 Å². The third-order valence-electron chi connectivity index (χ3n) is 5.16. The molecule has 0 saturated heterocycles. The number of ketones is 1. The van der Waals surface area contributed by atoms with Crippen molar-refractivity contribution in [2.24, 2.45) is 0 Å². The molecule has 2 heterocycles. The predicted molar refractivity (Wildman–Crippen MR) is 122 cm³/mol. The highest BCUT2D eigenvalue weighted by Gasteiger charge is 2.13. The van der Waals surface area contributed by atoms with Gasteiger partial charge in [0.1, 0.15) is 6.10 Å². The zero-order valence-electron chi connectivity index (χ0n) is 18.1. The molecule has 32 heavy (non-hydrogen) atoms. The minimum atomic E-state index is -0.244. The Morgan fingerprint density at radius 2 is 2.00 bits per heavy atom.